The van der Waals surface area contributed by atoms with Crippen LogP contribution >= 0.6 is 0 Å². The van der Waals surface area contributed by atoms with Crippen molar-refractivity contribution in [1.29, 1.82) is 0 Å². The van der Waals surface area contributed by atoms with E-state index < -0.39 is 0 Å². The minimum Gasteiger partial charge on any atom is -0.493 e. The number of rotatable bonds is 10. The van der Waals surface area contributed by atoms with Gasteiger partial charge in [0.05, 0.1) is 20.8 Å². The second-order valence-electron chi connectivity index (χ2n) is 7.77. The summed E-state index contributed by atoms with van der Waals surface area (Å²) in [4.78, 5) is 9.48. The Morgan fingerprint density at radius 1 is 0.935 bits per heavy atom. The Balaban J connectivity index is 1.31. The third kappa shape index (κ3) is 7.45. The topological polar surface area (TPSA) is 75.4 Å². The number of piperazine rings is 1. The maximum atomic E-state index is 6.02. The molecule has 0 aromatic heterocycles. The van der Waals surface area contributed by atoms with Crippen LogP contribution < -0.4 is 20.5 Å². The standard InChI is InChI=1S/C24H35N5O2/c1-30-22-10-9-21(17-23(22)31-2)18-27-24(25)26-11-6-12-28-13-15-29(16-14-28)19-20-7-4-3-5-8-20/h3-5,7-10,17H,6,11-16,18-19H2,1-2H3,(H3,25,26,27). The number of nitrogens with two attached hydrogens (primary N) is 1. The van der Waals surface area contributed by atoms with Gasteiger partial charge in [0.2, 0.25) is 0 Å². The molecule has 1 heterocycles. The Labute approximate surface area is 185 Å². The fourth-order valence-electron chi connectivity index (χ4n) is 3.74. The van der Waals surface area contributed by atoms with Crippen molar-refractivity contribution < 1.29 is 9.47 Å². The number of hydrogen-bond acceptors (Lipinski definition) is 5. The fraction of sp³-hybridized carbons (Fsp3) is 0.458. The molecule has 7 nitrogen and oxygen atoms in total. The van der Waals surface area contributed by atoms with Crippen LogP contribution in [0.4, 0.5) is 0 Å². The number of guanidine groups is 1. The first-order valence-electron chi connectivity index (χ1n) is 10.9. The van der Waals surface area contributed by atoms with E-state index in [1.807, 2.05) is 18.2 Å². The van der Waals surface area contributed by atoms with E-state index in [-0.39, 0.29) is 0 Å². The lowest BCUT2D eigenvalue weighted by Gasteiger charge is -2.34. The first kappa shape index (κ1) is 22.9. The predicted molar refractivity (Wildman–Crippen MR) is 126 cm³/mol. The lowest BCUT2D eigenvalue weighted by atomic mass is 10.2. The Morgan fingerprint density at radius 2 is 1.65 bits per heavy atom. The van der Waals surface area contributed by atoms with E-state index in [9.17, 15) is 0 Å². The van der Waals surface area contributed by atoms with Crippen molar-refractivity contribution in [2.24, 2.45) is 10.7 Å². The van der Waals surface area contributed by atoms with Crippen LogP contribution in [0.1, 0.15) is 17.5 Å². The van der Waals surface area contributed by atoms with Gasteiger partial charge in [-0.05, 0) is 36.2 Å². The van der Waals surface area contributed by atoms with Gasteiger partial charge in [-0.25, -0.2) is 4.99 Å². The van der Waals surface area contributed by atoms with E-state index in [0.717, 1.165) is 57.8 Å². The smallest absolute Gasteiger partial charge is 0.188 e. The van der Waals surface area contributed by atoms with Crippen molar-refractivity contribution in [2.75, 3.05) is 53.5 Å². The highest BCUT2D eigenvalue weighted by Crippen LogP contribution is 2.27. The highest BCUT2D eigenvalue weighted by Gasteiger charge is 2.16. The summed E-state index contributed by atoms with van der Waals surface area (Å²) in [6, 6.07) is 16.5. The van der Waals surface area contributed by atoms with Crippen molar-refractivity contribution >= 4 is 5.96 Å². The second kappa shape index (κ2) is 12.2. The second-order valence-corrected chi connectivity index (χ2v) is 7.77. The number of nitrogens with one attached hydrogen (secondary N) is 1. The lowest BCUT2D eigenvalue weighted by molar-refractivity contribution is 0.126. The van der Waals surface area contributed by atoms with E-state index in [1.165, 1.54) is 5.56 Å². The number of hydrogen-bond donors (Lipinski definition) is 2. The van der Waals surface area contributed by atoms with Crippen molar-refractivity contribution in [2.45, 2.75) is 19.5 Å². The summed E-state index contributed by atoms with van der Waals surface area (Å²) in [5, 5.41) is 3.22. The molecule has 0 saturated carbocycles. The van der Waals surface area contributed by atoms with E-state index >= 15 is 0 Å². The highest BCUT2D eigenvalue weighted by molar-refractivity contribution is 5.77. The third-order valence-corrected chi connectivity index (χ3v) is 5.55. The van der Waals surface area contributed by atoms with Gasteiger partial charge in [-0.15, -0.1) is 0 Å². The molecule has 1 fully saturated rings. The van der Waals surface area contributed by atoms with Crippen LogP contribution in [0.15, 0.2) is 53.5 Å². The molecule has 0 unspecified atom stereocenters. The van der Waals surface area contributed by atoms with Gasteiger partial charge in [0, 0.05) is 39.3 Å². The molecule has 3 rings (SSSR count). The summed E-state index contributed by atoms with van der Waals surface area (Å²) in [5.41, 5.74) is 8.44. The van der Waals surface area contributed by atoms with Gasteiger partial charge < -0.3 is 25.4 Å². The van der Waals surface area contributed by atoms with Crippen molar-refractivity contribution in [3.05, 3.63) is 59.7 Å². The van der Waals surface area contributed by atoms with Gasteiger partial charge in [-0.3, -0.25) is 4.90 Å². The van der Waals surface area contributed by atoms with Crippen molar-refractivity contribution in [3.63, 3.8) is 0 Å². The summed E-state index contributed by atoms with van der Waals surface area (Å²) in [5.74, 6) is 1.88. The molecule has 7 heteroatoms. The highest BCUT2D eigenvalue weighted by atomic mass is 16.5. The maximum absolute atomic E-state index is 6.02. The zero-order valence-corrected chi connectivity index (χ0v) is 18.7. The lowest BCUT2D eigenvalue weighted by Crippen LogP contribution is -2.46. The molecule has 1 saturated heterocycles. The van der Waals surface area contributed by atoms with Crippen LogP contribution in [0.3, 0.4) is 0 Å². The molecule has 0 aliphatic carbocycles. The molecule has 3 N–H and O–H groups in total. The normalized spacial score (nSPS) is 15.6. The maximum Gasteiger partial charge on any atom is 0.188 e. The van der Waals surface area contributed by atoms with Crippen LogP contribution in [0.5, 0.6) is 11.5 Å². The van der Waals surface area contributed by atoms with Crippen LogP contribution in [-0.2, 0) is 13.1 Å². The summed E-state index contributed by atoms with van der Waals surface area (Å²) in [6.45, 7) is 7.94. The zero-order chi connectivity index (χ0) is 21.9. The minimum absolute atomic E-state index is 0.475. The number of ether oxygens (including phenoxy) is 2. The molecule has 168 valence electrons. The van der Waals surface area contributed by atoms with E-state index in [0.29, 0.717) is 24.0 Å². The summed E-state index contributed by atoms with van der Waals surface area (Å²) in [6.07, 6.45) is 1.05. The number of benzene rings is 2. The first-order chi connectivity index (χ1) is 15.2. The third-order valence-electron chi connectivity index (χ3n) is 5.55. The Kier molecular flexibility index (Phi) is 8.99. The van der Waals surface area contributed by atoms with Crippen LogP contribution in [0.25, 0.3) is 0 Å². The molecule has 0 atom stereocenters. The monoisotopic (exact) mass is 425 g/mol. The molecule has 0 spiro atoms. The Morgan fingerprint density at radius 3 is 2.35 bits per heavy atom. The number of nitrogens with zero attached hydrogens (tertiary/aromatic N) is 3. The number of methoxy groups -OCH3 is 2. The van der Waals surface area contributed by atoms with E-state index in [4.69, 9.17) is 15.2 Å². The summed E-state index contributed by atoms with van der Waals surface area (Å²) >= 11 is 0. The Hall–Kier alpha value is -2.77. The zero-order valence-electron chi connectivity index (χ0n) is 18.7. The molecule has 0 amide bonds. The molecule has 0 radical (unpaired) electrons. The number of aliphatic imine (C=N–C) groups is 1. The van der Waals surface area contributed by atoms with Gasteiger partial charge >= 0.3 is 0 Å². The van der Waals surface area contributed by atoms with Crippen LogP contribution in [-0.4, -0.2) is 69.2 Å². The molecule has 0 bridgehead atoms. The molecule has 1 aliphatic rings. The Bertz CT molecular complexity index is 820. The van der Waals surface area contributed by atoms with Crippen molar-refractivity contribution in [3.8, 4) is 11.5 Å². The molecule has 2 aromatic rings. The summed E-state index contributed by atoms with van der Waals surface area (Å²) < 4.78 is 10.6. The van der Waals surface area contributed by atoms with Crippen molar-refractivity contribution in [1.82, 2.24) is 15.1 Å². The van der Waals surface area contributed by atoms with E-state index in [2.05, 4.69) is 50.4 Å². The van der Waals surface area contributed by atoms with Gasteiger partial charge in [-0.2, -0.15) is 0 Å². The fourth-order valence-corrected chi connectivity index (χ4v) is 3.74. The molecule has 1 aliphatic heterocycles. The average molecular weight is 426 g/mol. The average Bonchev–Trinajstić information content (AvgIpc) is 2.82. The van der Waals surface area contributed by atoms with Crippen LogP contribution in [0, 0.1) is 0 Å². The summed E-state index contributed by atoms with van der Waals surface area (Å²) in [7, 11) is 3.26. The first-order valence-corrected chi connectivity index (χ1v) is 10.9. The molecule has 2 aromatic carbocycles. The molecule has 31 heavy (non-hydrogen) atoms. The van der Waals surface area contributed by atoms with Crippen LogP contribution in [0.2, 0.25) is 0 Å². The van der Waals surface area contributed by atoms with Gasteiger partial charge in [-0.1, -0.05) is 36.4 Å². The molecular formula is C24H35N5O2. The SMILES string of the molecule is COc1ccc(CN=C(N)NCCCN2CCN(Cc3ccccc3)CC2)cc1OC. The molecular weight excluding hydrogens is 390 g/mol. The minimum atomic E-state index is 0.475. The largest absolute Gasteiger partial charge is 0.493 e. The quantitative estimate of drug-likeness (QED) is 0.346. The van der Waals surface area contributed by atoms with E-state index in [1.54, 1.807) is 14.2 Å². The predicted octanol–water partition coefficient (Wildman–Crippen LogP) is 2.32. The van der Waals surface area contributed by atoms with Gasteiger partial charge in [0.1, 0.15) is 0 Å². The van der Waals surface area contributed by atoms with Gasteiger partial charge in [0.25, 0.3) is 0 Å². The van der Waals surface area contributed by atoms with Gasteiger partial charge in [0.15, 0.2) is 17.5 Å².